The first kappa shape index (κ1) is 12.9. The van der Waals surface area contributed by atoms with Crippen LogP contribution in [0.15, 0.2) is 22.7 Å². The number of benzene rings is 1. The van der Waals surface area contributed by atoms with Crippen LogP contribution in [0.3, 0.4) is 0 Å². The summed E-state index contributed by atoms with van der Waals surface area (Å²) in [5.74, 6) is -0.920. The molecule has 0 radical (unpaired) electrons. The predicted molar refractivity (Wildman–Crippen MR) is 72.0 cm³/mol. The number of carbonyl (C=O) groups is 2. The lowest BCUT2D eigenvalue weighted by Crippen LogP contribution is -2.30. The van der Waals surface area contributed by atoms with Gasteiger partial charge >= 0.3 is 5.97 Å². The van der Waals surface area contributed by atoms with Gasteiger partial charge in [-0.3, -0.25) is 9.59 Å². The molecule has 1 aromatic rings. The van der Waals surface area contributed by atoms with Crippen molar-refractivity contribution in [2.24, 2.45) is 0 Å². The van der Waals surface area contributed by atoms with Gasteiger partial charge in [0, 0.05) is 24.5 Å². The molecule has 1 aliphatic rings. The second-order valence-electron chi connectivity index (χ2n) is 4.13. The van der Waals surface area contributed by atoms with Gasteiger partial charge in [-0.1, -0.05) is 6.07 Å². The average molecular weight is 313 g/mol. The number of hydrogen-bond acceptors (Lipinski definition) is 3. The molecule has 1 aromatic carbocycles. The summed E-state index contributed by atoms with van der Waals surface area (Å²) in [6, 6.07) is 5.49. The largest absolute Gasteiger partial charge is 0.480 e. The predicted octanol–water partition coefficient (Wildman–Crippen LogP) is 1.71. The molecule has 1 heterocycles. The zero-order chi connectivity index (χ0) is 13.3. The Hall–Kier alpha value is -1.56. The van der Waals surface area contributed by atoms with E-state index in [9.17, 15) is 9.59 Å². The Balaban J connectivity index is 2.51. The molecule has 1 N–H and O–H groups in total. The SMILES string of the molecule is CN1C(=O)CCN(CC(=O)O)c2c(Br)cccc21. The van der Waals surface area contributed by atoms with Crippen molar-refractivity contribution < 1.29 is 14.7 Å². The third-order valence-corrected chi connectivity index (χ3v) is 3.58. The van der Waals surface area contributed by atoms with Crippen LogP contribution in [-0.2, 0) is 9.59 Å². The Morgan fingerprint density at radius 3 is 2.89 bits per heavy atom. The van der Waals surface area contributed by atoms with Crippen LogP contribution >= 0.6 is 15.9 Å². The van der Waals surface area contributed by atoms with E-state index in [0.717, 1.165) is 15.8 Å². The number of hydrogen-bond donors (Lipinski definition) is 1. The van der Waals surface area contributed by atoms with E-state index in [0.29, 0.717) is 13.0 Å². The Kier molecular flexibility index (Phi) is 3.56. The first-order chi connectivity index (χ1) is 8.50. The standard InChI is InChI=1S/C12H13BrN2O3/c1-14-9-4-2-3-8(13)12(9)15(7-11(17)18)6-5-10(14)16/h2-4H,5-7H2,1H3,(H,17,18). The quantitative estimate of drug-likeness (QED) is 0.903. The Bertz CT molecular complexity index is 504. The maximum atomic E-state index is 11.9. The summed E-state index contributed by atoms with van der Waals surface area (Å²) in [5, 5.41) is 8.95. The Labute approximate surface area is 113 Å². The van der Waals surface area contributed by atoms with Gasteiger partial charge in [0.15, 0.2) is 0 Å². The van der Waals surface area contributed by atoms with Crippen LogP contribution < -0.4 is 9.80 Å². The van der Waals surface area contributed by atoms with E-state index < -0.39 is 5.97 Å². The molecule has 0 aromatic heterocycles. The number of nitrogens with zero attached hydrogens (tertiary/aromatic N) is 2. The fourth-order valence-corrected chi connectivity index (χ4v) is 2.66. The third-order valence-electron chi connectivity index (χ3n) is 2.94. The molecule has 2 rings (SSSR count). The number of fused-ring (bicyclic) bond motifs is 1. The molecule has 0 saturated carbocycles. The van der Waals surface area contributed by atoms with Crippen molar-refractivity contribution >= 4 is 39.2 Å². The molecule has 0 spiro atoms. The van der Waals surface area contributed by atoms with Crippen molar-refractivity contribution in [3.8, 4) is 0 Å². The highest BCUT2D eigenvalue weighted by atomic mass is 79.9. The van der Waals surface area contributed by atoms with E-state index in [4.69, 9.17) is 5.11 Å². The van der Waals surface area contributed by atoms with E-state index in [2.05, 4.69) is 15.9 Å². The molecule has 96 valence electrons. The zero-order valence-electron chi connectivity index (χ0n) is 9.89. The topological polar surface area (TPSA) is 60.9 Å². The van der Waals surface area contributed by atoms with Crippen LogP contribution in [-0.4, -0.2) is 37.1 Å². The minimum Gasteiger partial charge on any atom is -0.480 e. The second-order valence-corrected chi connectivity index (χ2v) is 4.98. The fourth-order valence-electron chi connectivity index (χ4n) is 2.05. The average Bonchev–Trinajstić information content (AvgIpc) is 2.42. The van der Waals surface area contributed by atoms with Crippen LogP contribution in [0.1, 0.15) is 6.42 Å². The lowest BCUT2D eigenvalue weighted by molar-refractivity contribution is -0.135. The maximum absolute atomic E-state index is 11.9. The van der Waals surface area contributed by atoms with Crippen LogP contribution in [0.4, 0.5) is 11.4 Å². The first-order valence-corrected chi connectivity index (χ1v) is 6.32. The minimum atomic E-state index is -0.909. The number of halogens is 1. The van der Waals surface area contributed by atoms with Gasteiger partial charge in [-0.15, -0.1) is 0 Å². The van der Waals surface area contributed by atoms with Crippen molar-refractivity contribution in [2.75, 3.05) is 29.9 Å². The summed E-state index contributed by atoms with van der Waals surface area (Å²) in [6.07, 6.45) is 0.310. The number of carboxylic acids is 1. The third kappa shape index (κ3) is 2.33. The summed E-state index contributed by atoms with van der Waals surface area (Å²) in [4.78, 5) is 26.0. The smallest absolute Gasteiger partial charge is 0.323 e. The van der Waals surface area contributed by atoms with Gasteiger partial charge in [0.1, 0.15) is 6.54 Å². The highest BCUT2D eigenvalue weighted by Crippen LogP contribution is 2.38. The molecule has 0 atom stereocenters. The van der Waals surface area contributed by atoms with E-state index >= 15 is 0 Å². The van der Waals surface area contributed by atoms with Crippen molar-refractivity contribution in [1.29, 1.82) is 0 Å². The molecule has 1 aliphatic heterocycles. The van der Waals surface area contributed by atoms with E-state index in [1.807, 2.05) is 18.2 Å². The normalized spacial score (nSPS) is 15.3. The van der Waals surface area contributed by atoms with E-state index in [-0.39, 0.29) is 12.5 Å². The molecule has 6 heteroatoms. The van der Waals surface area contributed by atoms with Crippen molar-refractivity contribution in [3.05, 3.63) is 22.7 Å². The molecule has 0 saturated heterocycles. The summed E-state index contributed by atoms with van der Waals surface area (Å²) < 4.78 is 0.794. The van der Waals surface area contributed by atoms with Crippen LogP contribution in [0.2, 0.25) is 0 Å². The van der Waals surface area contributed by atoms with Gasteiger partial charge in [-0.05, 0) is 28.1 Å². The molecule has 0 bridgehead atoms. The van der Waals surface area contributed by atoms with Gasteiger partial charge in [-0.25, -0.2) is 0 Å². The summed E-state index contributed by atoms with van der Waals surface area (Å²) >= 11 is 3.42. The summed E-state index contributed by atoms with van der Waals surface area (Å²) in [7, 11) is 1.71. The van der Waals surface area contributed by atoms with Crippen LogP contribution in [0.5, 0.6) is 0 Å². The highest BCUT2D eigenvalue weighted by Gasteiger charge is 2.26. The van der Waals surface area contributed by atoms with Crippen molar-refractivity contribution in [3.63, 3.8) is 0 Å². The van der Waals surface area contributed by atoms with Gasteiger partial charge < -0.3 is 14.9 Å². The van der Waals surface area contributed by atoms with Gasteiger partial charge in [-0.2, -0.15) is 0 Å². The first-order valence-electron chi connectivity index (χ1n) is 5.52. The monoisotopic (exact) mass is 312 g/mol. The molecular weight excluding hydrogens is 300 g/mol. The Morgan fingerprint density at radius 2 is 2.22 bits per heavy atom. The molecule has 0 aliphatic carbocycles. The molecule has 0 fully saturated rings. The van der Waals surface area contributed by atoms with Crippen LogP contribution in [0, 0.1) is 0 Å². The van der Waals surface area contributed by atoms with E-state index in [1.165, 1.54) is 0 Å². The molecule has 5 nitrogen and oxygen atoms in total. The maximum Gasteiger partial charge on any atom is 0.323 e. The molecular formula is C12H13BrN2O3. The Morgan fingerprint density at radius 1 is 1.50 bits per heavy atom. The van der Waals surface area contributed by atoms with Crippen molar-refractivity contribution in [1.82, 2.24) is 0 Å². The van der Waals surface area contributed by atoms with Gasteiger partial charge in [0.2, 0.25) is 5.91 Å². The highest BCUT2D eigenvalue weighted by molar-refractivity contribution is 9.10. The summed E-state index contributed by atoms with van der Waals surface area (Å²) in [5.41, 5.74) is 1.49. The molecule has 18 heavy (non-hydrogen) atoms. The van der Waals surface area contributed by atoms with Crippen molar-refractivity contribution in [2.45, 2.75) is 6.42 Å². The number of para-hydroxylation sites is 1. The number of carbonyl (C=O) groups excluding carboxylic acids is 1. The number of aliphatic carboxylic acids is 1. The lowest BCUT2D eigenvalue weighted by Gasteiger charge is -2.24. The number of rotatable bonds is 2. The molecule has 1 amide bonds. The van der Waals surface area contributed by atoms with Gasteiger partial charge in [0.05, 0.1) is 11.4 Å². The second kappa shape index (κ2) is 4.97. The summed E-state index contributed by atoms with van der Waals surface area (Å²) in [6.45, 7) is 0.293. The number of amides is 1. The number of carboxylic acid groups (broad SMARTS) is 1. The van der Waals surface area contributed by atoms with Gasteiger partial charge in [0.25, 0.3) is 0 Å². The minimum absolute atomic E-state index is 0.0118. The fraction of sp³-hybridized carbons (Fsp3) is 0.333. The number of anilines is 2. The van der Waals surface area contributed by atoms with Crippen LogP contribution in [0.25, 0.3) is 0 Å². The lowest BCUT2D eigenvalue weighted by atomic mass is 10.2. The zero-order valence-corrected chi connectivity index (χ0v) is 11.5. The molecule has 0 unspecified atom stereocenters. The van der Waals surface area contributed by atoms with E-state index in [1.54, 1.807) is 16.8 Å².